The van der Waals surface area contributed by atoms with Crippen LogP contribution in [0.25, 0.3) is 5.57 Å². The van der Waals surface area contributed by atoms with Crippen LogP contribution in [-0.4, -0.2) is 11.8 Å². The third kappa shape index (κ3) is 2.88. The van der Waals surface area contributed by atoms with Crippen molar-refractivity contribution >= 4 is 23.1 Å². The van der Waals surface area contributed by atoms with E-state index in [0.717, 1.165) is 33.5 Å². The predicted octanol–water partition coefficient (Wildman–Crippen LogP) is 5.73. The van der Waals surface area contributed by atoms with Crippen molar-refractivity contribution < 1.29 is 9.59 Å². The quantitative estimate of drug-likeness (QED) is 0.392. The van der Waals surface area contributed by atoms with Crippen molar-refractivity contribution in [1.82, 2.24) is 0 Å². The molecule has 1 heterocycles. The molecular weight excluding hydrogens is 406 g/mol. The molecule has 0 aromatic heterocycles. The van der Waals surface area contributed by atoms with E-state index in [9.17, 15) is 9.59 Å². The molecular formula is C30H25NO2. The number of fused-ring (bicyclic) bond motifs is 5. The van der Waals surface area contributed by atoms with Crippen molar-refractivity contribution in [3.05, 3.63) is 119 Å². The fourth-order valence-electron chi connectivity index (χ4n) is 6.10. The zero-order valence-corrected chi connectivity index (χ0v) is 18.7. The molecule has 3 heteroatoms. The molecule has 4 atom stereocenters. The van der Waals surface area contributed by atoms with Crippen LogP contribution in [-0.2, 0) is 9.59 Å². The Hall–Kier alpha value is -3.72. The lowest BCUT2D eigenvalue weighted by Crippen LogP contribution is -2.33. The first-order chi connectivity index (χ1) is 16.1. The molecule has 1 aliphatic heterocycles. The van der Waals surface area contributed by atoms with E-state index < -0.39 is 0 Å². The summed E-state index contributed by atoms with van der Waals surface area (Å²) in [6.07, 6.45) is 4.31. The molecule has 2 fully saturated rings. The van der Waals surface area contributed by atoms with E-state index in [2.05, 4.69) is 36.4 Å². The van der Waals surface area contributed by atoms with E-state index in [-0.39, 0.29) is 35.5 Å². The van der Waals surface area contributed by atoms with E-state index in [1.165, 1.54) is 10.5 Å². The summed E-state index contributed by atoms with van der Waals surface area (Å²) >= 11 is 0. The Labute approximate surface area is 194 Å². The summed E-state index contributed by atoms with van der Waals surface area (Å²) < 4.78 is 0. The molecule has 3 aliphatic rings. The molecule has 0 spiro atoms. The fourth-order valence-corrected chi connectivity index (χ4v) is 6.10. The van der Waals surface area contributed by atoms with Crippen LogP contribution in [0.15, 0.2) is 96.6 Å². The summed E-state index contributed by atoms with van der Waals surface area (Å²) in [5.41, 5.74) is 7.43. The number of allylic oxidation sites excluding steroid dienone is 3. The highest BCUT2D eigenvalue weighted by Gasteiger charge is 2.62. The number of aryl methyl sites for hydroxylation is 2. The largest absolute Gasteiger partial charge is 0.274 e. The van der Waals surface area contributed by atoms with E-state index >= 15 is 0 Å². The second-order valence-corrected chi connectivity index (χ2v) is 9.35. The van der Waals surface area contributed by atoms with Crippen molar-refractivity contribution in [1.29, 1.82) is 0 Å². The van der Waals surface area contributed by atoms with Crippen molar-refractivity contribution in [2.24, 2.45) is 23.7 Å². The molecule has 33 heavy (non-hydrogen) atoms. The first-order valence-corrected chi connectivity index (χ1v) is 11.5. The third-order valence-corrected chi connectivity index (χ3v) is 7.42. The maximum Gasteiger partial charge on any atom is 0.238 e. The lowest BCUT2D eigenvalue weighted by atomic mass is 9.85. The van der Waals surface area contributed by atoms with Gasteiger partial charge in [0.05, 0.1) is 17.5 Å². The summed E-state index contributed by atoms with van der Waals surface area (Å²) in [6.45, 7) is 3.99. The first kappa shape index (κ1) is 19.9. The molecule has 2 amide bonds. The summed E-state index contributed by atoms with van der Waals surface area (Å²) in [4.78, 5) is 28.9. The molecule has 3 aromatic rings. The molecule has 3 nitrogen and oxygen atoms in total. The Bertz CT molecular complexity index is 1260. The molecule has 3 aromatic carbocycles. The average Bonchev–Trinajstić information content (AvgIpc) is 3.46. The van der Waals surface area contributed by atoms with Gasteiger partial charge in [-0.3, -0.25) is 9.59 Å². The highest BCUT2D eigenvalue weighted by molar-refractivity contribution is 6.23. The number of anilines is 1. The Balaban J connectivity index is 1.49. The van der Waals surface area contributed by atoms with Crippen LogP contribution < -0.4 is 4.90 Å². The number of carbonyl (C=O) groups is 2. The van der Waals surface area contributed by atoms with Crippen molar-refractivity contribution in [3.63, 3.8) is 0 Å². The number of carbonyl (C=O) groups excluding carboxylic acids is 2. The van der Waals surface area contributed by atoms with Crippen molar-refractivity contribution in [3.8, 4) is 0 Å². The Kier molecular flexibility index (Phi) is 4.48. The van der Waals surface area contributed by atoms with Gasteiger partial charge >= 0.3 is 0 Å². The normalized spacial score (nSPS) is 25.2. The minimum absolute atomic E-state index is 0.0531. The summed E-state index contributed by atoms with van der Waals surface area (Å²) in [6, 6.07) is 26.6. The number of rotatable bonds is 3. The SMILES string of the molecule is Cc1ccc(N2C(=O)[C@@H]3[C@H](C2=O)[C@H]2C=C[C@H]3C2=C(c2ccccc2)c2ccccc2)c(C)c1. The zero-order valence-electron chi connectivity index (χ0n) is 18.7. The second kappa shape index (κ2) is 7.41. The topological polar surface area (TPSA) is 37.4 Å². The van der Waals surface area contributed by atoms with Crippen LogP contribution in [0.4, 0.5) is 5.69 Å². The van der Waals surface area contributed by atoms with Gasteiger partial charge in [-0.2, -0.15) is 0 Å². The number of benzene rings is 3. The van der Waals surface area contributed by atoms with E-state index in [1.54, 1.807) is 0 Å². The van der Waals surface area contributed by atoms with Gasteiger partial charge in [0.2, 0.25) is 11.8 Å². The number of hydrogen-bond acceptors (Lipinski definition) is 2. The van der Waals surface area contributed by atoms with Crippen LogP contribution in [0.1, 0.15) is 22.3 Å². The number of imide groups is 1. The average molecular weight is 432 g/mol. The van der Waals surface area contributed by atoms with E-state index in [1.807, 2.05) is 68.4 Å². The van der Waals surface area contributed by atoms with Gasteiger partial charge in [0, 0.05) is 11.8 Å². The van der Waals surface area contributed by atoms with E-state index in [0.29, 0.717) is 0 Å². The maximum atomic E-state index is 13.7. The Morgan fingerprint density at radius 1 is 0.697 bits per heavy atom. The van der Waals surface area contributed by atoms with Gasteiger partial charge in [-0.1, -0.05) is 90.5 Å². The van der Waals surface area contributed by atoms with Crippen LogP contribution in [0.2, 0.25) is 0 Å². The molecule has 0 unspecified atom stereocenters. The van der Waals surface area contributed by atoms with Gasteiger partial charge in [-0.05, 0) is 47.8 Å². The maximum absolute atomic E-state index is 13.7. The second-order valence-electron chi connectivity index (χ2n) is 9.35. The summed E-state index contributed by atoms with van der Waals surface area (Å²) in [7, 11) is 0. The van der Waals surface area contributed by atoms with Gasteiger partial charge < -0.3 is 0 Å². The van der Waals surface area contributed by atoms with Gasteiger partial charge in [-0.25, -0.2) is 4.90 Å². The Morgan fingerprint density at radius 3 is 1.70 bits per heavy atom. The molecule has 2 bridgehead atoms. The van der Waals surface area contributed by atoms with Crippen LogP contribution in [0.5, 0.6) is 0 Å². The molecule has 6 rings (SSSR count). The summed E-state index contributed by atoms with van der Waals surface area (Å²) in [5, 5.41) is 0. The smallest absolute Gasteiger partial charge is 0.238 e. The van der Waals surface area contributed by atoms with Crippen molar-refractivity contribution in [2.45, 2.75) is 13.8 Å². The lowest BCUT2D eigenvalue weighted by Gasteiger charge is -2.22. The van der Waals surface area contributed by atoms with E-state index in [4.69, 9.17) is 0 Å². The van der Waals surface area contributed by atoms with Crippen molar-refractivity contribution in [2.75, 3.05) is 4.90 Å². The highest BCUT2D eigenvalue weighted by atomic mass is 16.2. The molecule has 1 saturated heterocycles. The monoisotopic (exact) mass is 431 g/mol. The molecule has 1 saturated carbocycles. The minimum atomic E-state index is -0.328. The molecule has 0 N–H and O–H groups in total. The van der Waals surface area contributed by atoms with Crippen LogP contribution in [0.3, 0.4) is 0 Å². The zero-order chi connectivity index (χ0) is 22.7. The van der Waals surface area contributed by atoms with Crippen LogP contribution in [0, 0.1) is 37.5 Å². The van der Waals surface area contributed by atoms with Gasteiger partial charge in [0.1, 0.15) is 0 Å². The summed E-state index contributed by atoms with van der Waals surface area (Å²) in [5.74, 6) is -0.889. The number of hydrogen-bond donors (Lipinski definition) is 0. The number of nitrogens with zero attached hydrogens (tertiary/aromatic N) is 1. The Morgan fingerprint density at radius 2 is 1.21 bits per heavy atom. The standard InChI is InChI=1S/C30H25NO2/c1-18-13-16-24(19(2)17-18)31-29(32)27-22-14-15-23(28(27)30(31)33)26(22)25(20-9-5-3-6-10-20)21-11-7-4-8-12-21/h3-17,22-23,27-28H,1-2H3/t22-,23-,27-,28+/m0/s1. The van der Waals surface area contributed by atoms with Gasteiger partial charge in [0.25, 0.3) is 0 Å². The molecule has 2 aliphatic carbocycles. The number of amides is 2. The lowest BCUT2D eigenvalue weighted by molar-refractivity contribution is -0.122. The highest BCUT2D eigenvalue weighted by Crippen LogP contribution is 2.59. The molecule has 162 valence electrons. The fraction of sp³-hybridized carbons (Fsp3) is 0.200. The molecule has 0 radical (unpaired) electrons. The van der Waals surface area contributed by atoms with Crippen LogP contribution >= 0.6 is 0 Å². The van der Waals surface area contributed by atoms with Gasteiger partial charge in [-0.15, -0.1) is 0 Å². The minimum Gasteiger partial charge on any atom is -0.274 e. The van der Waals surface area contributed by atoms with Gasteiger partial charge in [0.15, 0.2) is 0 Å². The predicted molar refractivity (Wildman–Crippen MR) is 130 cm³/mol. The first-order valence-electron chi connectivity index (χ1n) is 11.5. The third-order valence-electron chi connectivity index (χ3n) is 7.42.